The summed E-state index contributed by atoms with van der Waals surface area (Å²) < 4.78 is 5.89. The van der Waals surface area contributed by atoms with Gasteiger partial charge in [0.25, 0.3) is 0 Å². The second-order valence-corrected chi connectivity index (χ2v) is 7.61. The summed E-state index contributed by atoms with van der Waals surface area (Å²) in [6, 6.07) is 15.1. The molecule has 126 valence electrons. The molecule has 2 atom stereocenters. The molecular weight excluding hydrogens is 312 g/mol. The number of rotatable bonds is 2. The summed E-state index contributed by atoms with van der Waals surface area (Å²) in [4.78, 5) is 0. The fourth-order valence-electron chi connectivity index (χ4n) is 4.86. The van der Waals surface area contributed by atoms with Crippen molar-refractivity contribution < 1.29 is 14.9 Å². The van der Waals surface area contributed by atoms with Crippen LogP contribution in [0.1, 0.15) is 43.2 Å². The van der Waals surface area contributed by atoms with E-state index in [1.165, 1.54) is 0 Å². The number of fused-ring (bicyclic) bond motifs is 6. The van der Waals surface area contributed by atoms with E-state index in [2.05, 4.69) is 6.92 Å². The Labute approximate surface area is 146 Å². The maximum absolute atomic E-state index is 11.0. The minimum atomic E-state index is -0.00500. The van der Waals surface area contributed by atoms with Gasteiger partial charge in [-0.3, -0.25) is 0 Å². The van der Waals surface area contributed by atoms with E-state index in [4.69, 9.17) is 4.74 Å². The molecule has 0 heterocycles. The molecule has 5 rings (SSSR count). The summed E-state index contributed by atoms with van der Waals surface area (Å²) >= 11 is 0. The zero-order valence-electron chi connectivity index (χ0n) is 14.1. The van der Waals surface area contributed by atoms with E-state index >= 15 is 0 Å². The highest BCUT2D eigenvalue weighted by molar-refractivity contribution is 5.97. The number of hydrogen-bond acceptors (Lipinski definition) is 3. The van der Waals surface area contributed by atoms with E-state index in [9.17, 15) is 10.2 Å². The molecule has 0 aromatic heterocycles. The van der Waals surface area contributed by atoms with Gasteiger partial charge in [-0.25, -0.2) is 0 Å². The normalized spacial score (nSPS) is 23.8. The molecule has 2 aliphatic rings. The van der Waals surface area contributed by atoms with Crippen molar-refractivity contribution in [2.75, 3.05) is 0 Å². The first kappa shape index (κ1) is 14.6. The Morgan fingerprint density at radius 2 is 1.76 bits per heavy atom. The molecular formula is C22H20O3. The highest BCUT2D eigenvalue weighted by atomic mass is 16.5. The Hall–Kier alpha value is -2.68. The Morgan fingerprint density at radius 1 is 0.960 bits per heavy atom. The molecule has 1 saturated carbocycles. The summed E-state index contributed by atoms with van der Waals surface area (Å²) in [6.45, 7) is 2.21. The second kappa shape index (κ2) is 4.92. The van der Waals surface area contributed by atoms with Crippen LogP contribution in [0.25, 0.3) is 10.8 Å². The van der Waals surface area contributed by atoms with Crippen molar-refractivity contribution in [2.24, 2.45) is 0 Å². The molecule has 3 nitrogen and oxygen atoms in total. The van der Waals surface area contributed by atoms with Crippen molar-refractivity contribution in [1.29, 1.82) is 0 Å². The van der Waals surface area contributed by atoms with E-state index in [-0.39, 0.29) is 5.41 Å². The third-order valence-electron chi connectivity index (χ3n) is 5.99. The van der Waals surface area contributed by atoms with Crippen LogP contribution in [-0.2, 0) is 5.41 Å². The lowest BCUT2D eigenvalue weighted by molar-refractivity contribution is 0.427. The molecule has 0 aliphatic heterocycles. The van der Waals surface area contributed by atoms with Crippen LogP contribution in [0.4, 0.5) is 0 Å². The van der Waals surface area contributed by atoms with Crippen LogP contribution in [0.15, 0.2) is 48.5 Å². The van der Waals surface area contributed by atoms with E-state index in [1.807, 2.05) is 48.5 Å². The van der Waals surface area contributed by atoms with Gasteiger partial charge < -0.3 is 14.9 Å². The molecule has 2 N–H and O–H groups in total. The smallest absolute Gasteiger partial charge is 0.128 e. The molecule has 1 fully saturated rings. The first-order valence-electron chi connectivity index (χ1n) is 8.82. The molecule has 2 unspecified atom stereocenters. The summed E-state index contributed by atoms with van der Waals surface area (Å²) in [6.07, 6.45) is 3.19. The van der Waals surface area contributed by atoms with Gasteiger partial charge in [0.2, 0.25) is 0 Å². The monoisotopic (exact) mass is 332 g/mol. The van der Waals surface area contributed by atoms with Gasteiger partial charge in [0.15, 0.2) is 0 Å². The molecule has 2 bridgehead atoms. The highest BCUT2D eigenvalue weighted by Crippen LogP contribution is 2.63. The van der Waals surface area contributed by atoms with Crippen LogP contribution in [0.2, 0.25) is 0 Å². The molecule has 3 aromatic carbocycles. The van der Waals surface area contributed by atoms with Crippen molar-refractivity contribution in [3.05, 3.63) is 59.7 Å². The van der Waals surface area contributed by atoms with Gasteiger partial charge in [-0.1, -0.05) is 25.1 Å². The lowest BCUT2D eigenvalue weighted by Crippen LogP contribution is -2.16. The first-order chi connectivity index (χ1) is 12.1. The van der Waals surface area contributed by atoms with Crippen LogP contribution in [0.5, 0.6) is 23.0 Å². The minimum Gasteiger partial charge on any atom is -0.507 e. The second-order valence-electron chi connectivity index (χ2n) is 7.61. The predicted molar refractivity (Wildman–Crippen MR) is 97.7 cm³/mol. The molecule has 0 radical (unpaired) electrons. The quantitative estimate of drug-likeness (QED) is 0.602. The maximum atomic E-state index is 11.0. The molecule has 0 saturated heterocycles. The summed E-state index contributed by atoms with van der Waals surface area (Å²) in [5.74, 6) is 2.41. The molecule has 3 heteroatoms. The predicted octanol–water partition coefficient (Wildman–Crippen LogP) is 5.58. The largest absolute Gasteiger partial charge is 0.507 e. The van der Waals surface area contributed by atoms with E-state index in [0.717, 1.165) is 36.1 Å². The summed E-state index contributed by atoms with van der Waals surface area (Å²) in [7, 11) is 0. The van der Waals surface area contributed by atoms with E-state index in [0.29, 0.717) is 33.9 Å². The van der Waals surface area contributed by atoms with Gasteiger partial charge in [-0.05, 0) is 60.9 Å². The number of hydrogen-bond donors (Lipinski definition) is 2. The fraction of sp³-hybridized carbons (Fsp3) is 0.273. The van der Waals surface area contributed by atoms with Gasteiger partial charge in [-0.2, -0.15) is 0 Å². The van der Waals surface area contributed by atoms with Crippen molar-refractivity contribution >= 4 is 10.8 Å². The van der Waals surface area contributed by atoms with Gasteiger partial charge in [0.1, 0.15) is 23.0 Å². The highest BCUT2D eigenvalue weighted by Gasteiger charge is 2.49. The molecule has 0 spiro atoms. The Morgan fingerprint density at radius 3 is 2.56 bits per heavy atom. The zero-order valence-corrected chi connectivity index (χ0v) is 14.1. The van der Waals surface area contributed by atoms with Gasteiger partial charge in [0.05, 0.1) is 0 Å². The zero-order chi connectivity index (χ0) is 17.2. The standard InChI is InChI=1S/C22H20O3/c1-22-10-9-13(12-22)18-19(22)21(24)16-8-7-15(11-17(16)20(18)23)25-14-5-3-2-4-6-14/h2-8,11,13,23-24H,9-10,12H2,1H3. The van der Waals surface area contributed by atoms with Crippen LogP contribution in [-0.4, -0.2) is 10.2 Å². The van der Waals surface area contributed by atoms with Crippen LogP contribution in [0.3, 0.4) is 0 Å². The van der Waals surface area contributed by atoms with Gasteiger partial charge in [0, 0.05) is 21.9 Å². The average Bonchev–Trinajstić information content (AvgIpc) is 3.14. The van der Waals surface area contributed by atoms with E-state index < -0.39 is 0 Å². The number of aromatic hydroxyl groups is 2. The summed E-state index contributed by atoms with van der Waals surface area (Å²) in [5.41, 5.74) is 1.91. The molecule has 2 aliphatic carbocycles. The number of phenolic OH excluding ortho intramolecular Hbond substituents is 2. The third kappa shape index (κ3) is 1.98. The Balaban J connectivity index is 1.69. The van der Waals surface area contributed by atoms with Crippen molar-refractivity contribution in [3.63, 3.8) is 0 Å². The minimum absolute atomic E-state index is 0.00500. The van der Waals surface area contributed by atoms with Crippen LogP contribution < -0.4 is 4.74 Å². The molecule has 3 aromatic rings. The van der Waals surface area contributed by atoms with Crippen LogP contribution in [0, 0.1) is 0 Å². The number of benzene rings is 3. The molecule has 0 amide bonds. The lowest BCUT2D eigenvalue weighted by Gasteiger charge is -2.27. The maximum Gasteiger partial charge on any atom is 0.128 e. The fourth-order valence-corrected chi connectivity index (χ4v) is 4.86. The number of para-hydroxylation sites is 1. The number of ether oxygens (including phenoxy) is 1. The SMILES string of the molecule is CC12CCC(C1)c1c2c(O)c2ccc(Oc3ccccc3)cc2c1O. The molecule has 25 heavy (non-hydrogen) atoms. The van der Waals surface area contributed by atoms with Crippen LogP contribution >= 0.6 is 0 Å². The topological polar surface area (TPSA) is 49.7 Å². The van der Waals surface area contributed by atoms with Gasteiger partial charge >= 0.3 is 0 Å². The van der Waals surface area contributed by atoms with Gasteiger partial charge in [-0.15, -0.1) is 0 Å². The third-order valence-corrected chi connectivity index (χ3v) is 5.99. The summed E-state index contributed by atoms with van der Waals surface area (Å²) in [5, 5.41) is 23.2. The lowest BCUT2D eigenvalue weighted by atomic mass is 9.79. The van der Waals surface area contributed by atoms with Crippen molar-refractivity contribution in [1.82, 2.24) is 0 Å². The van der Waals surface area contributed by atoms with Crippen molar-refractivity contribution in [2.45, 2.75) is 37.5 Å². The first-order valence-corrected chi connectivity index (χ1v) is 8.82. The Kier molecular flexibility index (Phi) is 2.88. The van der Waals surface area contributed by atoms with E-state index in [1.54, 1.807) is 0 Å². The average molecular weight is 332 g/mol. The Bertz CT molecular complexity index is 993. The van der Waals surface area contributed by atoms with Crippen molar-refractivity contribution in [3.8, 4) is 23.0 Å². The number of phenols is 2.